The molecule has 0 saturated heterocycles. The maximum Gasteiger partial charge on any atom is 0.326 e. The molecule has 1 aliphatic carbocycles. The fourth-order valence-electron chi connectivity index (χ4n) is 3.49. The number of nitrogens with zero attached hydrogens (tertiary/aromatic N) is 1. The molecule has 0 aromatic carbocycles. The number of esters is 1. The van der Waals surface area contributed by atoms with Crippen LogP contribution in [0.25, 0.3) is 0 Å². The molecule has 0 amide bonds. The third-order valence-electron chi connectivity index (χ3n) is 4.42. The molecule has 1 fully saturated rings. The van der Waals surface area contributed by atoms with Crippen LogP contribution in [0.15, 0.2) is 0 Å². The van der Waals surface area contributed by atoms with Crippen molar-refractivity contribution in [1.29, 1.82) is 0 Å². The van der Waals surface area contributed by atoms with Gasteiger partial charge in [-0.25, -0.2) is 0 Å². The number of hydrogen-bond donors (Lipinski definition) is 1. The maximum atomic E-state index is 12.4. The lowest BCUT2D eigenvalue weighted by atomic mass is 9.84. The zero-order valence-corrected chi connectivity index (χ0v) is 13.7. The predicted molar refractivity (Wildman–Crippen MR) is 82.8 cm³/mol. The smallest absolute Gasteiger partial charge is 0.326 e. The molecule has 4 heteroatoms. The standard InChI is InChI=1S/C16H32N2O2/c1-5-12-18(4)13-10-14-9-8-11-16(14,17-6-2)15(19)20-7-3/h14,17H,5-13H2,1-4H3. The third-order valence-corrected chi connectivity index (χ3v) is 4.42. The zero-order chi connectivity index (χ0) is 15.0. The quantitative estimate of drug-likeness (QED) is 0.660. The number of nitrogens with one attached hydrogen (secondary N) is 1. The molecule has 1 saturated carbocycles. The van der Waals surface area contributed by atoms with Crippen LogP contribution in [0.3, 0.4) is 0 Å². The number of likely N-dealkylation sites (N-methyl/N-ethyl adjacent to an activating group) is 1. The van der Waals surface area contributed by atoms with Gasteiger partial charge in [-0.15, -0.1) is 0 Å². The van der Waals surface area contributed by atoms with Crippen molar-refractivity contribution in [1.82, 2.24) is 10.2 Å². The van der Waals surface area contributed by atoms with E-state index >= 15 is 0 Å². The van der Waals surface area contributed by atoms with Gasteiger partial charge in [-0.1, -0.05) is 20.3 Å². The molecular formula is C16H32N2O2. The summed E-state index contributed by atoms with van der Waals surface area (Å²) in [5.74, 6) is 0.364. The van der Waals surface area contributed by atoms with E-state index in [-0.39, 0.29) is 5.97 Å². The highest BCUT2D eigenvalue weighted by molar-refractivity contribution is 5.81. The van der Waals surface area contributed by atoms with Gasteiger partial charge < -0.3 is 15.0 Å². The van der Waals surface area contributed by atoms with E-state index in [4.69, 9.17) is 4.74 Å². The molecule has 0 aromatic rings. The van der Waals surface area contributed by atoms with Crippen LogP contribution in [-0.4, -0.2) is 49.7 Å². The summed E-state index contributed by atoms with van der Waals surface area (Å²) in [5, 5.41) is 3.46. The van der Waals surface area contributed by atoms with E-state index in [9.17, 15) is 4.79 Å². The molecule has 0 bridgehead atoms. The van der Waals surface area contributed by atoms with E-state index in [1.807, 2.05) is 6.92 Å². The van der Waals surface area contributed by atoms with Crippen LogP contribution in [-0.2, 0) is 9.53 Å². The number of ether oxygens (including phenoxy) is 1. The maximum absolute atomic E-state index is 12.4. The van der Waals surface area contributed by atoms with Gasteiger partial charge in [0.2, 0.25) is 0 Å². The summed E-state index contributed by atoms with van der Waals surface area (Å²) in [6, 6.07) is 0. The second kappa shape index (κ2) is 8.63. The first-order chi connectivity index (χ1) is 9.60. The van der Waals surface area contributed by atoms with Gasteiger partial charge in [0, 0.05) is 0 Å². The summed E-state index contributed by atoms with van der Waals surface area (Å²) in [6.45, 7) is 9.63. The average Bonchev–Trinajstić information content (AvgIpc) is 2.82. The Labute approximate surface area is 124 Å². The molecule has 0 aliphatic heterocycles. The Kier molecular flexibility index (Phi) is 7.52. The zero-order valence-electron chi connectivity index (χ0n) is 13.7. The van der Waals surface area contributed by atoms with E-state index in [2.05, 4.69) is 31.1 Å². The Bertz CT molecular complexity index is 296. The Hall–Kier alpha value is -0.610. The van der Waals surface area contributed by atoms with Gasteiger partial charge in [0.1, 0.15) is 5.54 Å². The highest BCUT2D eigenvalue weighted by Gasteiger charge is 2.49. The monoisotopic (exact) mass is 284 g/mol. The second-order valence-electron chi connectivity index (χ2n) is 5.90. The summed E-state index contributed by atoms with van der Waals surface area (Å²) in [4.78, 5) is 14.8. The summed E-state index contributed by atoms with van der Waals surface area (Å²) >= 11 is 0. The lowest BCUT2D eigenvalue weighted by molar-refractivity contribution is -0.153. The molecule has 2 unspecified atom stereocenters. The van der Waals surface area contributed by atoms with Crippen molar-refractivity contribution in [2.24, 2.45) is 5.92 Å². The Morgan fingerprint density at radius 2 is 2.10 bits per heavy atom. The van der Waals surface area contributed by atoms with Crippen LogP contribution in [0.1, 0.15) is 52.9 Å². The molecule has 0 heterocycles. The molecular weight excluding hydrogens is 252 g/mol. The fourth-order valence-corrected chi connectivity index (χ4v) is 3.49. The number of hydrogen-bond acceptors (Lipinski definition) is 4. The highest BCUT2D eigenvalue weighted by atomic mass is 16.5. The number of rotatable bonds is 9. The van der Waals surface area contributed by atoms with E-state index in [1.54, 1.807) is 0 Å². The SMILES string of the molecule is CCCN(C)CCC1CCCC1(NCC)C(=O)OCC. The summed E-state index contributed by atoms with van der Waals surface area (Å²) in [5.41, 5.74) is -0.433. The Morgan fingerprint density at radius 3 is 2.70 bits per heavy atom. The largest absolute Gasteiger partial charge is 0.465 e. The molecule has 2 atom stereocenters. The first-order valence-corrected chi connectivity index (χ1v) is 8.21. The lowest BCUT2D eigenvalue weighted by Crippen LogP contribution is -2.56. The number of carbonyl (C=O) groups excluding carboxylic acids is 1. The molecule has 0 spiro atoms. The van der Waals surface area contributed by atoms with Crippen LogP contribution in [0.2, 0.25) is 0 Å². The first-order valence-electron chi connectivity index (χ1n) is 8.21. The Morgan fingerprint density at radius 1 is 1.35 bits per heavy atom. The van der Waals surface area contributed by atoms with Gasteiger partial charge in [0.15, 0.2) is 0 Å². The molecule has 20 heavy (non-hydrogen) atoms. The van der Waals surface area contributed by atoms with E-state index in [1.165, 1.54) is 6.42 Å². The normalized spacial score (nSPS) is 26.1. The Balaban J connectivity index is 2.68. The fraction of sp³-hybridized carbons (Fsp3) is 0.938. The van der Waals surface area contributed by atoms with Crippen molar-refractivity contribution in [3.05, 3.63) is 0 Å². The van der Waals surface area contributed by atoms with Crippen molar-refractivity contribution in [3.8, 4) is 0 Å². The summed E-state index contributed by atoms with van der Waals surface area (Å²) < 4.78 is 5.35. The van der Waals surface area contributed by atoms with Gasteiger partial charge >= 0.3 is 5.97 Å². The first kappa shape index (κ1) is 17.4. The molecule has 118 valence electrons. The average molecular weight is 284 g/mol. The molecule has 1 rings (SSSR count). The second-order valence-corrected chi connectivity index (χ2v) is 5.90. The van der Waals surface area contributed by atoms with Crippen molar-refractivity contribution in [3.63, 3.8) is 0 Å². The molecule has 4 nitrogen and oxygen atoms in total. The molecule has 0 aromatic heterocycles. The minimum absolute atomic E-state index is 0.0394. The van der Waals surface area contributed by atoms with Gasteiger partial charge in [-0.2, -0.15) is 0 Å². The van der Waals surface area contributed by atoms with E-state index in [0.29, 0.717) is 12.5 Å². The minimum Gasteiger partial charge on any atom is -0.465 e. The van der Waals surface area contributed by atoms with E-state index in [0.717, 1.165) is 45.3 Å². The predicted octanol–water partition coefficient (Wildman–Crippen LogP) is 2.43. The topological polar surface area (TPSA) is 41.6 Å². The lowest BCUT2D eigenvalue weighted by Gasteiger charge is -2.34. The van der Waals surface area contributed by atoms with Crippen molar-refractivity contribution in [2.75, 3.05) is 33.3 Å². The van der Waals surface area contributed by atoms with Crippen LogP contribution < -0.4 is 5.32 Å². The highest BCUT2D eigenvalue weighted by Crippen LogP contribution is 2.39. The van der Waals surface area contributed by atoms with Crippen LogP contribution in [0.5, 0.6) is 0 Å². The molecule has 1 N–H and O–H groups in total. The third kappa shape index (κ3) is 4.19. The van der Waals surface area contributed by atoms with Gasteiger partial charge in [0.25, 0.3) is 0 Å². The van der Waals surface area contributed by atoms with Crippen LogP contribution in [0, 0.1) is 5.92 Å². The van der Waals surface area contributed by atoms with Crippen molar-refractivity contribution in [2.45, 2.75) is 58.4 Å². The van der Waals surface area contributed by atoms with Crippen molar-refractivity contribution < 1.29 is 9.53 Å². The van der Waals surface area contributed by atoms with Gasteiger partial charge in [0.05, 0.1) is 6.61 Å². The number of carbonyl (C=O) groups is 1. The van der Waals surface area contributed by atoms with Crippen molar-refractivity contribution >= 4 is 5.97 Å². The van der Waals surface area contributed by atoms with Gasteiger partial charge in [-0.05, 0) is 65.2 Å². The summed E-state index contributed by atoms with van der Waals surface area (Å²) in [6.07, 6.45) is 5.42. The molecule has 0 radical (unpaired) electrons. The van der Waals surface area contributed by atoms with Crippen LogP contribution in [0.4, 0.5) is 0 Å². The van der Waals surface area contributed by atoms with Gasteiger partial charge in [-0.3, -0.25) is 4.79 Å². The minimum atomic E-state index is -0.433. The van der Waals surface area contributed by atoms with Crippen LogP contribution >= 0.6 is 0 Å². The van der Waals surface area contributed by atoms with E-state index < -0.39 is 5.54 Å². The molecule has 1 aliphatic rings. The summed E-state index contributed by atoms with van der Waals surface area (Å²) in [7, 11) is 2.16.